The lowest BCUT2D eigenvalue weighted by Gasteiger charge is -2.11. The number of benzene rings is 1. The Bertz CT molecular complexity index is 563. The van der Waals surface area contributed by atoms with E-state index in [0.717, 1.165) is 24.6 Å². The van der Waals surface area contributed by atoms with E-state index in [1.807, 2.05) is 23.0 Å². The molecular formula is C16H20F2N2. The Kier molecular flexibility index (Phi) is 4.90. The summed E-state index contributed by atoms with van der Waals surface area (Å²) in [6.45, 7) is 5.52. The van der Waals surface area contributed by atoms with Gasteiger partial charge in [0.05, 0.1) is 0 Å². The first-order valence-corrected chi connectivity index (χ1v) is 6.93. The molecule has 2 rings (SSSR count). The summed E-state index contributed by atoms with van der Waals surface area (Å²) in [6.07, 6.45) is 4.95. The van der Waals surface area contributed by atoms with Gasteiger partial charge in [-0.25, -0.2) is 8.78 Å². The molecule has 1 aromatic heterocycles. The van der Waals surface area contributed by atoms with Gasteiger partial charge in [0, 0.05) is 30.5 Å². The normalized spacial score (nSPS) is 12.6. The highest BCUT2D eigenvalue weighted by molar-refractivity contribution is 5.21. The Morgan fingerprint density at radius 1 is 1.25 bits per heavy atom. The van der Waals surface area contributed by atoms with Crippen molar-refractivity contribution in [2.75, 3.05) is 6.54 Å². The summed E-state index contributed by atoms with van der Waals surface area (Å²) < 4.78 is 28.6. The van der Waals surface area contributed by atoms with Gasteiger partial charge < -0.3 is 9.88 Å². The first-order chi connectivity index (χ1) is 9.60. The van der Waals surface area contributed by atoms with Crippen LogP contribution in [0.25, 0.3) is 0 Å². The van der Waals surface area contributed by atoms with Gasteiger partial charge in [0.1, 0.15) is 11.6 Å². The highest BCUT2D eigenvalue weighted by atomic mass is 19.1. The summed E-state index contributed by atoms with van der Waals surface area (Å²) in [7, 11) is 0. The average Bonchev–Trinajstić information content (AvgIpc) is 2.89. The van der Waals surface area contributed by atoms with Gasteiger partial charge in [-0.3, -0.25) is 0 Å². The summed E-state index contributed by atoms with van der Waals surface area (Å²) in [4.78, 5) is 0. The highest BCUT2D eigenvalue weighted by Gasteiger charge is 2.08. The van der Waals surface area contributed by atoms with E-state index < -0.39 is 5.82 Å². The topological polar surface area (TPSA) is 17.0 Å². The number of aromatic nitrogens is 1. The molecule has 0 spiro atoms. The zero-order chi connectivity index (χ0) is 14.5. The molecule has 0 aliphatic carbocycles. The monoisotopic (exact) mass is 278 g/mol. The fourth-order valence-electron chi connectivity index (χ4n) is 2.15. The summed E-state index contributed by atoms with van der Waals surface area (Å²) in [6, 6.07) is 5.81. The van der Waals surface area contributed by atoms with E-state index in [9.17, 15) is 8.78 Å². The van der Waals surface area contributed by atoms with Gasteiger partial charge in [-0.1, -0.05) is 6.92 Å². The van der Waals surface area contributed by atoms with Crippen molar-refractivity contribution in [1.29, 1.82) is 0 Å². The van der Waals surface area contributed by atoms with Crippen LogP contribution in [0.5, 0.6) is 0 Å². The number of nitrogens with one attached hydrogen (secondary N) is 1. The van der Waals surface area contributed by atoms with E-state index in [2.05, 4.69) is 19.2 Å². The van der Waals surface area contributed by atoms with Crippen molar-refractivity contribution in [2.45, 2.75) is 32.9 Å². The standard InChI is InChI=1S/C16H20F2N2/c1-3-7-19-12(2)13-6-8-20(10-13)11-14-9-15(17)4-5-16(14)18/h4-6,8-10,12,19H,3,7,11H2,1-2H3. The molecule has 1 atom stereocenters. The van der Waals surface area contributed by atoms with Crippen molar-refractivity contribution >= 4 is 0 Å². The smallest absolute Gasteiger partial charge is 0.128 e. The number of halogens is 2. The largest absolute Gasteiger partial charge is 0.349 e. The SMILES string of the molecule is CCCNC(C)c1ccn(Cc2cc(F)ccc2F)c1. The van der Waals surface area contributed by atoms with Crippen molar-refractivity contribution in [3.8, 4) is 0 Å². The molecule has 1 unspecified atom stereocenters. The predicted molar refractivity (Wildman–Crippen MR) is 76.6 cm³/mol. The van der Waals surface area contributed by atoms with Crippen LogP contribution in [0.4, 0.5) is 8.78 Å². The Hall–Kier alpha value is -1.68. The third kappa shape index (κ3) is 3.67. The third-order valence-electron chi connectivity index (χ3n) is 3.33. The van der Waals surface area contributed by atoms with Gasteiger partial charge in [0.25, 0.3) is 0 Å². The summed E-state index contributed by atoms with van der Waals surface area (Å²) in [5.74, 6) is -0.787. The van der Waals surface area contributed by atoms with Gasteiger partial charge >= 0.3 is 0 Å². The molecule has 108 valence electrons. The lowest BCUT2D eigenvalue weighted by atomic mass is 10.2. The zero-order valence-corrected chi connectivity index (χ0v) is 11.9. The zero-order valence-electron chi connectivity index (χ0n) is 11.9. The quantitative estimate of drug-likeness (QED) is 0.848. The highest BCUT2D eigenvalue weighted by Crippen LogP contribution is 2.16. The van der Waals surface area contributed by atoms with Crippen molar-refractivity contribution in [2.24, 2.45) is 0 Å². The van der Waals surface area contributed by atoms with Crippen LogP contribution in [-0.4, -0.2) is 11.1 Å². The molecule has 1 heterocycles. The summed E-state index contributed by atoms with van der Waals surface area (Å²) in [5, 5.41) is 3.40. The van der Waals surface area contributed by atoms with Crippen LogP contribution in [0.2, 0.25) is 0 Å². The fourth-order valence-corrected chi connectivity index (χ4v) is 2.15. The molecule has 4 heteroatoms. The maximum atomic E-state index is 13.6. The molecule has 0 saturated carbocycles. The molecule has 1 aromatic carbocycles. The van der Waals surface area contributed by atoms with Crippen LogP contribution in [0.15, 0.2) is 36.7 Å². The van der Waals surface area contributed by atoms with Crippen LogP contribution in [0.1, 0.15) is 37.4 Å². The fraction of sp³-hybridized carbons (Fsp3) is 0.375. The lowest BCUT2D eigenvalue weighted by molar-refractivity contribution is 0.566. The second-order valence-electron chi connectivity index (χ2n) is 5.03. The van der Waals surface area contributed by atoms with E-state index in [1.165, 1.54) is 12.1 Å². The van der Waals surface area contributed by atoms with Crippen LogP contribution >= 0.6 is 0 Å². The molecule has 0 saturated heterocycles. The average molecular weight is 278 g/mol. The molecule has 0 aliphatic rings. The minimum atomic E-state index is -0.410. The van der Waals surface area contributed by atoms with Crippen molar-refractivity contribution in [1.82, 2.24) is 9.88 Å². The molecule has 0 fully saturated rings. The number of nitrogens with zero attached hydrogens (tertiary/aromatic N) is 1. The van der Waals surface area contributed by atoms with Crippen LogP contribution in [-0.2, 0) is 6.54 Å². The van der Waals surface area contributed by atoms with Crippen LogP contribution in [0, 0.1) is 11.6 Å². The predicted octanol–water partition coefficient (Wildman–Crippen LogP) is 3.88. The minimum absolute atomic E-state index is 0.258. The van der Waals surface area contributed by atoms with Crippen LogP contribution in [0.3, 0.4) is 0 Å². The second kappa shape index (κ2) is 6.66. The molecule has 0 radical (unpaired) electrons. The molecule has 0 amide bonds. The molecule has 2 nitrogen and oxygen atoms in total. The van der Waals surface area contributed by atoms with Gasteiger partial charge in [-0.05, 0) is 49.7 Å². The van der Waals surface area contributed by atoms with E-state index >= 15 is 0 Å². The maximum absolute atomic E-state index is 13.6. The molecule has 0 aliphatic heterocycles. The Balaban J connectivity index is 2.07. The number of hydrogen-bond acceptors (Lipinski definition) is 1. The Labute approximate surface area is 118 Å². The van der Waals surface area contributed by atoms with Crippen molar-refractivity contribution in [3.05, 3.63) is 59.4 Å². The maximum Gasteiger partial charge on any atom is 0.128 e. The van der Waals surface area contributed by atoms with Gasteiger partial charge in [-0.2, -0.15) is 0 Å². The Morgan fingerprint density at radius 2 is 2.05 bits per heavy atom. The number of rotatable bonds is 6. The van der Waals surface area contributed by atoms with Gasteiger partial charge in [0.15, 0.2) is 0 Å². The molecule has 2 aromatic rings. The molecule has 1 N–H and O–H groups in total. The second-order valence-corrected chi connectivity index (χ2v) is 5.03. The summed E-state index contributed by atoms with van der Waals surface area (Å²) >= 11 is 0. The van der Waals surface area contributed by atoms with E-state index in [0.29, 0.717) is 12.1 Å². The van der Waals surface area contributed by atoms with Gasteiger partial charge in [0.2, 0.25) is 0 Å². The molecule has 20 heavy (non-hydrogen) atoms. The van der Waals surface area contributed by atoms with Gasteiger partial charge in [-0.15, -0.1) is 0 Å². The third-order valence-corrected chi connectivity index (χ3v) is 3.33. The Morgan fingerprint density at radius 3 is 2.80 bits per heavy atom. The van der Waals surface area contributed by atoms with E-state index in [4.69, 9.17) is 0 Å². The van der Waals surface area contributed by atoms with Crippen molar-refractivity contribution in [3.63, 3.8) is 0 Å². The summed E-state index contributed by atoms with van der Waals surface area (Å²) in [5.41, 5.74) is 1.51. The number of hydrogen-bond donors (Lipinski definition) is 1. The van der Waals surface area contributed by atoms with E-state index in [1.54, 1.807) is 0 Å². The first kappa shape index (κ1) is 14.7. The lowest BCUT2D eigenvalue weighted by Crippen LogP contribution is -2.18. The molecule has 0 bridgehead atoms. The van der Waals surface area contributed by atoms with Crippen molar-refractivity contribution < 1.29 is 8.78 Å². The molecular weight excluding hydrogens is 258 g/mol. The van der Waals surface area contributed by atoms with E-state index in [-0.39, 0.29) is 11.9 Å². The minimum Gasteiger partial charge on any atom is -0.349 e. The van der Waals surface area contributed by atoms with Crippen LogP contribution < -0.4 is 5.32 Å². The first-order valence-electron chi connectivity index (χ1n) is 6.93.